The maximum absolute atomic E-state index is 13.9. The van der Waals surface area contributed by atoms with Gasteiger partial charge in [0.25, 0.3) is 0 Å². The normalized spacial score (nSPS) is 12.6. The van der Waals surface area contributed by atoms with E-state index in [0.717, 1.165) is 52.8 Å². The zero-order valence-electron chi connectivity index (χ0n) is 32.9. The molecule has 1 N–H and O–H groups in total. The molecule has 0 radical (unpaired) electrons. The smallest absolute Gasteiger partial charge is 0.343 e. The highest BCUT2D eigenvalue weighted by Gasteiger charge is 2.44. The van der Waals surface area contributed by atoms with Gasteiger partial charge in [-0.1, -0.05) is 199 Å². The van der Waals surface area contributed by atoms with E-state index < -0.39 is 12.9 Å². The van der Waals surface area contributed by atoms with E-state index in [4.69, 9.17) is 4.65 Å². The molecule has 0 aliphatic carbocycles. The molecular weight excluding hydrogens is 665 g/mol. The lowest BCUT2D eigenvalue weighted by molar-refractivity contribution is -0.948. The summed E-state index contributed by atoms with van der Waals surface area (Å²) in [5.74, 6) is 0.132. The molecule has 0 aliphatic rings. The number of unbranched alkanes of at least 4 members (excludes halogenated alkanes) is 3. The summed E-state index contributed by atoms with van der Waals surface area (Å²) in [6, 6.07) is 49.6. The fourth-order valence-corrected chi connectivity index (χ4v) is 8.01. The Morgan fingerprint density at radius 1 is 0.611 bits per heavy atom. The van der Waals surface area contributed by atoms with Gasteiger partial charge in [0.2, 0.25) is 5.78 Å². The van der Waals surface area contributed by atoms with Crippen LogP contribution in [0.2, 0.25) is 0 Å². The van der Waals surface area contributed by atoms with Crippen LogP contribution in [0.15, 0.2) is 152 Å². The van der Waals surface area contributed by atoms with Crippen LogP contribution in [0.5, 0.6) is 0 Å². The average Bonchev–Trinajstić information content (AvgIpc) is 3.23. The number of Topliss-reactive ketones (excluding diaryl/α,β-unsaturated/α-hetero) is 1. The third-order valence-corrected chi connectivity index (χ3v) is 10.6. The SMILES string of the molecule is CCC(c1ccccc1)C(OB([O-])O)(c1ccccc1)c1ccccc1.CCCC[N+](CCCC)(CCCC)C(C(=O)c1ccccc1)c1ccccc1. The Labute approximate surface area is 325 Å². The second-order valence-corrected chi connectivity index (χ2v) is 14.3. The molecule has 0 spiro atoms. The van der Waals surface area contributed by atoms with Crippen LogP contribution in [0.1, 0.15) is 117 Å². The van der Waals surface area contributed by atoms with E-state index in [0.29, 0.717) is 0 Å². The van der Waals surface area contributed by atoms with Crippen molar-refractivity contribution in [2.45, 2.75) is 90.2 Å². The number of carbonyl (C=O) groups is 1. The van der Waals surface area contributed by atoms with Crippen molar-refractivity contribution in [3.8, 4) is 0 Å². The van der Waals surface area contributed by atoms with Crippen LogP contribution in [0.25, 0.3) is 0 Å². The van der Waals surface area contributed by atoms with E-state index in [2.05, 4.69) is 52.0 Å². The van der Waals surface area contributed by atoms with Crippen molar-refractivity contribution in [3.05, 3.63) is 179 Å². The molecule has 0 heterocycles. The highest BCUT2D eigenvalue weighted by atomic mass is 16.6. The van der Waals surface area contributed by atoms with Gasteiger partial charge in [-0.15, -0.1) is 0 Å². The van der Waals surface area contributed by atoms with Crippen molar-refractivity contribution in [2.24, 2.45) is 0 Å². The summed E-state index contributed by atoms with van der Waals surface area (Å²) in [4.78, 5) is 13.9. The number of quaternary nitrogens is 1. The van der Waals surface area contributed by atoms with E-state index in [-0.39, 0.29) is 17.7 Å². The Balaban J connectivity index is 0.000000241. The molecule has 5 aromatic rings. The maximum Gasteiger partial charge on any atom is 0.343 e. The summed E-state index contributed by atoms with van der Waals surface area (Å²) in [6.07, 6.45) is 7.73. The van der Waals surface area contributed by atoms with Crippen LogP contribution in [-0.4, -0.2) is 42.2 Å². The first-order valence-corrected chi connectivity index (χ1v) is 20.0. The maximum atomic E-state index is 13.9. The van der Waals surface area contributed by atoms with E-state index in [9.17, 15) is 14.8 Å². The van der Waals surface area contributed by atoms with Gasteiger partial charge in [-0.2, -0.15) is 0 Å². The van der Waals surface area contributed by atoms with Crippen LogP contribution in [0, 0.1) is 0 Å². The summed E-state index contributed by atoms with van der Waals surface area (Å²) in [6.45, 7) is 12.1. The van der Waals surface area contributed by atoms with Gasteiger partial charge in [0.1, 0.15) is 5.60 Å². The lowest BCUT2D eigenvalue weighted by atomic mass is 9.71. The van der Waals surface area contributed by atoms with Gasteiger partial charge < -0.3 is 19.2 Å². The van der Waals surface area contributed by atoms with E-state index in [1.54, 1.807) is 0 Å². The minimum Gasteiger partial charge on any atom is -0.832 e. The fourth-order valence-electron chi connectivity index (χ4n) is 8.01. The third-order valence-electron chi connectivity index (χ3n) is 10.6. The van der Waals surface area contributed by atoms with Crippen molar-refractivity contribution < 1.29 is 24.0 Å². The predicted octanol–water partition coefficient (Wildman–Crippen LogP) is 10.3. The van der Waals surface area contributed by atoms with Crippen LogP contribution in [0.3, 0.4) is 0 Å². The molecule has 2 atom stereocenters. The topological polar surface area (TPSA) is 69.6 Å². The van der Waals surface area contributed by atoms with Gasteiger partial charge in [-0.05, 0) is 42.4 Å². The summed E-state index contributed by atoms with van der Waals surface area (Å²) in [7, 11) is -2.15. The molecule has 0 fully saturated rings. The van der Waals surface area contributed by atoms with Crippen LogP contribution < -0.4 is 5.02 Å². The minimum absolute atomic E-state index is 0.117. The Hall–Kier alpha value is -4.33. The molecule has 0 aliphatic heterocycles. The van der Waals surface area contributed by atoms with Gasteiger partial charge in [-0.25, -0.2) is 0 Å². The van der Waals surface area contributed by atoms with Crippen molar-refractivity contribution >= 4 is 13.1 Å². The number of hydrogen-bond acceptors (Lipinski definition) is 4. The van der Waals surface area contributed by atoms with Crippen molar-refractivity contribution in [1.29, 1.82) is 0 Å². The number of hydrogen-bond donors (Lipinski definition) is 1. The molecule has 0 amide bonds. The standard InChI is InChI=1S/C26H38NO.C22H22BO3/c1-4-7-20-27(21-8-5-2,22-9-6-3)25(23-16-12-10-13-17-23)26(28)24-18-14-11-15-19-24;1-2-21(18-12-6-3-7-13-18)22(26-23(24)25,19-14-8-4-9-15-19)20-16-10-5-11-17-20/h10-19,25H,4-9,20-22H2,1-3H3;3-17,21,24H,2H2,1H3/q+1;-1. The predicted molar refractivity (Wildman–Crippen MR) is 222 cm³/mol. The Bertz CT molecular complexity index is 1680. The number of rotatable bonds is 20. The average molecular weight is 726 g/mol. The summed E-state index contributed by atoms with van der Waals surface area (Å²) in [5, 5.41) is 21.6. The molecule has 5 aromatic carbocycles. The van der Waals surface area contributed by atoms with E-state index >= 15 is 0 Å². The number of carbonyl (C=O) groups excluding carboxylic acids is 1. The Kier molecular flexibility index (Phi) is 17.4. The monoisotopic (exact) mass is 725 g/mol. The molecule has 5 rings (SSSR count). The molecule has 0 aromatic heterocycles. The summed E-state index contributed by atoms with van der Waals surface area (Å²) < 4.78 is 6.71. The molecule has 0 bridgehead atoms. The van der Waals surface area contributed by atoms with Gasteiger partial charge in [0.15, 0.2) is 6.04 Å². The van der Waals surface area contributed by atoms with Crippen molar-refractivity contribution in [3.63, 3.8) is 0 Å². The van der Waals surface area contributed by atoms with Gasteiger partial charge in [0.05, 0.1) is 19.6 Å². The zero-order valence-corrected chi connectivity index (χ0v) is 32.9. The number of benzene rings is 5. The van der Waals surface area contributed by atoms with Crippen LogP contribution >= 0.6 is 0 Å². The lowest BCUT2D eigenvalue weighted by Crippen LogP contribution is -2.55. The quantitative estimate of drug-likeness (QED) is 0.0493. The first kappa shape index (κ1) is 42.4. The van der Waals surface area contributed by atoms with Crippen molar-refractivity contribution in [1.82, 2.24) is 0 Å². The molecule has 2 unspecified atom stereocenters. The second kappa shape index (κ2) is 22.1. The summed E-state index contributed by atoms with van der Waals surface area (Å²) >= 11 is 0. The first-order valence-electron chi connectivity index (χ1n) is 20.0. The fraction of sp³-hybridized carbons (Fsp3) is 0.354. The molecule has 54 heavy (non-hydrogen) atoms. The van der Waals surface area contributed by atoms with Crippen LogP contribution in [-0.2, 0) is 10.3 Å². The molecule has 0 saturated heterocycles. The number of ketones is 1. The largest absolute Gasteiger partial charge is 0.832 e. The molecule has 5 nitrogen and oxygen atoms in total. The van der Waals surface area contributed by atoms with Gasteiger partial charge in [0, 0.05) is 17.0 Å². The number of nitrogens with zero attached hydrogens (tertiary/aromatic N) is 1. The van der Waals surface area contributed by atoms with Crippen LogP contribution in [0.4, 0.5) is 0 Å². The van der Waals surface area contributed by atoms with E-state index in [1.807, 2.05) is 127 Å². The molecule has 284 valence electrons. The van der Waals surface area contributed by atoms with E-state index in [1.165, 1.54) is 44.1 Å². The molecule has 0 saturated carbocycles. The Morgan fingerprint density at radius 3 is 1.35 bits per heavy atom. The highest BCUT2D eigenvalue weighted by molar-refractivity contribution is 6.30. The van der Waals surface area contributed by atoms with Crippen molar-refractivity contribution in [2.75, 3.05) is 19.6 Å². The summed E-state index contributed by atoms with van der Waals surface area (Å²) in [5.41, 5.74) is 3.67. The highest BCUT2D eigenvalue weighted by Crippen LogP contribution is 2.47. The molecule has 6 heteroatoms. The first-order chi connectivity index (χ1) is 26.4. The Morgan fingerprint density at radius 2 is 0.981 bits per heavy atom. The zero-order chi connectivity index (χ0) is 38.7. The van der Waals surface area contributed by atoms with Gasteiger partial charge in [-0.3, -0.25) is 4.79 Å². The minimum atomic E-state index is -2.15. The van der Waals surface area contributed by atoms with Gasteiger partial charge >= 0.3 is 7.32 Å². The third kappa shape index (κ3) is 10.9. The lowest BCUT2D eigenvalue weighted by Gasteiger charge is -2.45. The second-order valence-electron chi connectivity index (χ2n) is 14.3. The molecular formula is C48H60BNO4.